The van der Waals surface area contributed by atoms with Crippen molar-refractivity contribution >= 4 is 17.4 Å². The van der Waals surface area contributed by atoms with Crippen LogP contribution >= 0.6 is 0 Å². The summed E-state index contributed by atoms with van der Waals surface area (Å²) in [6, 6.07) is 14.0. The van der Waals surface area contributed by atoms with Crippen LogP contribution in [-0.2, 0) is 11.3 Å². The van der Waals surface area contributed by atoms with E-state index in [9.17, 15) is 4.79 Å². The number of rotatable bonds is 5. The van der Waals surface area contributed by atoms with Gasteiger partial charge in [0.15, 0.2) is 0 Å². The molecule has 1 heterocycles. The highest BCUT2D eigenvalue weighted by Crippen LogP contribution is 2.25. The molecular weight excluding hydrogens is 286 g/mol. The molecule has 3 rings (SSSR count). The number of nitrogens with zero attached hydrogens (tertiary/aromatic N) is 1. The fourth-order valence-electron chi connectivity index (χ4n) is 2.97. The zero-order valence-electron chi connectivity index (χ0n) is 13.3. The Morgan fingerprint density at radius 3 is 2.52 bits per heavy atom. The molecule has 0 radical (unpaired) electrons. The lowest BCUT2D eigenvalue weighted by atomic mass is 9.88. The van der Waals surface area contributed by atoms with Gasteiger partial charge in [-0.05, 0) is 30.5 Å². The van der Waals surface area contributed by atoms with Gasteiger partial charge in [0.25, 0.3) is 0 Å². The third kappa shape index (κ3) is 4.55. The Hall–Kier alpha value is -2.36. The van der Waals surface area contributed by atoms with Gasteiger partial charge in [0.2, 0.25) is 5.91 Å². The maximum Gasteiger partial charge on any atom is 0.227 e. The van der Waals surface area contributed by atoms with Crippen LogP contribution in [0.1, 0.15) is 37.7 Å². The normalized spacial score (nSPS) is 15.1. The van der Waals surface area contributed by atoms with Gasteiger partial charge < -0.3 is 10.6 Å². The molecule has 1 aliphatic rings. The standard InChI is InChI=1S/C19H23N3O/c23-19(16-9-5-2-6-10-16)22-17-11-12-18(21-14-17)20-13-15-7-3-1-4-8-15/h1,3-4,7-8,11-12,14,16H,2,5-6,9-10,13H2,(H,20,21)(H,22,23). The number of carbonyl (C=O) groups is 1. The Morgan fingerprint density at radius 2 is 1.83 bits per heavy atom. The molecule has 0 unspecified atom stereocenters. The predicted octanol–water partition coefficient (Wildman–Crippen LogP) is 4.21. The minimum absolute atomic E-state index is 0.136. The molecule has 4 nitrogen and oxygen atoms in total. The fourth-order valence-corrected chi connectivity index (χ4v) is 2.97. The second kappa shape index (κ2) is 7.77. The Kier molecular flexibility index (Phi) is 5.25. The Bertz CT molecular complexity index is 619. The van der Waals surface area contributed by atoms with E-state index in [0.29, 0.717) is 0 Å². The van der Waals surface area contributed by atoms with Gasteiger partial charge >= 0.3 is 0 Å². The van der Waals surface area contributed by atoms with Gasteiger partial charge in [-0.3, -0.25) is 4.79 Å². The molecule has 23 heavy (non-hydrogen) atoms. The number of benzene rings is 1. The monoisotopic (exact) mass is 309 g/mol. The molecule has 1 fully saturated rings. The van der Waals surface area contributed by atoms with Crippen LogP contribution in [0.2, 0.25) is 0 Å². The Morgan fingerprint density at radius 1 is 1.04 bits per heavy atom. The topological polar surface area (TPSA) is 54.0 Å². The van der Waals surface area contributed by atoms with E-state index in [1.54, 1.807) is 6.20 Å². The van der Waals surface area contributed by atoms with Crippen molar-refractivity contribution in [2.24, 2.45) is 5.92 Å². The van der Waals surface area contributed by atoms with E-state index >= 15 is 0 Å². The van der Waals surface area contributed by atoms with E-state index in [1.165, 1.54) is 24.8 Å². The van der Waals surface area contributed by atoms with Gasteiger partial charge in [0.05, 0.1) is 11.9 Å². The van der Waals surface area contributed by atoms with E-state index < -0.39 is 0 Å². The van der Waals surface area contributed by atoms with Crippen LogP contribution in [0.3, 0.4) is 0 Å². The van der Waals surface area contributed by atoms with Crippen LogP contribution < -0.4 is 10.6 Å². The van der Waals surface area contributed by atoms with Gasteiger partial charge in [0.1, 0.15) is 5.82 Å². The molecule has 1 aromatic carbocycles. The summed E-state index contributed by atoms with van der Waals surface area (Å²) >= 11 is 0. The highest BCUT2D eigenvalue weighted by Gasteiger charge is 2.20. The zero-order valence-corrected chi connectivity index (χ0v) is 13.3. The number of amides is 1. The molecule has 1 amide bonds. The summed E-state index contributed by atoms with van der Waals surface area (Å²) in [5, 5.41) is 6.26. The van der Waals surface area contributed by atoms with Crippen molar-refractivity contribution in [3.63, 3.8) is 0 Å². The maximum absolute atomic E-state index is 12.2. The van der Waals surface area contributed by atoms with Crippen LogP contribution in [0, 0.1) is 5.92 Å². The summed E-state index contributed by atoms with van der Waals surface area (Å²) in [4.78, 5) is 16.6. The summed E-state index contributed by atoms with van der Waals surface area (Å²) in [6.07, 6.45) is 7.32. The van der Waals surface area contributed by atoms with Gasteiger partial charge in [-0.15, -0.1) is 0 Å². The van der Waals surface area contributed by atoms with E-state index in [2.05, 4.69) is 27.8 Å². The average molecular weight is 309 g/mol. The smallest absolute Gasteiger partial charge is 0.227 e. The third-order valence-corrected chi connectivity index (χ3v) is 4.32. The van der Waals surface area contributed by atoms with Crippen molar-refractivity contribution in [2.75, 3.05) is 10.6 Å². The maximum atomic E-state index is 12.2. The number of hydrogen-bond acceptors (Lipinski definition) is 3. The average Bonchev–Trinajstić information content (AvgIpc) is 2.63. The second-order valence-corrected chi connectivity index (χ2v) is 6.10. The molecule has 120 valence electrons. The number of pyridine rings is 1. The lowest BCUT2D eigenvalue weighted by Gasteiger charge is -2.20. The molecule has 1 aliphatic carbocycles. The van der Waals surface area contributed by atoms with Crippen molar-refractivity contribution < 1.29 is 4.79 Å². The van der Waals surface area contributed by atoms with E-state index in [-0.39, 0.29) is 11.8 Å². The molecule has 1 saturated carbocycles. The summed E-state index contributed by atoms with van der Waals surface area (Å²) in [6.45, 7) is 0.738. The molecule has 0 spiro atoms. The van der Waals surface area contributed by atoms with Crippen molar-refractivity contribution in [1.29, 1.82) is 0 Å². The number of nitrogens with one attached hydrogen (secondary N) is 2. The summed E-state index contributed by atoms with van der Waals surface area (Å²) in [5.74, 6) is 1.11. The second-order valence-electron chi connectivity index (χ2n) is 6.10. The number of anilines is 2. The molecule has 0 atom stereocenters. The van der Waals surface area contributed by atoms with Crippen molar-refractivity contribution in [3.05, 3.63) is 54.2 Å². The van der Waals surface area contributed by atoms with Crippen molar-refractivity contribution in [2.45, 2.75) is 38.6 Å². The van der Waals surface area contributed by atoms with Gasteiger partial charge in [0, 0.05) is 12.5 Å². The fraction of sp³-hybridized carbons (Fsp3) is 0.368. The Labute approximate surface area is 137 Å². The first kappa shape index (κ1) is 15.5. The lowest BCUT2D eigenvalue weighted by molar-refractivity contribution is -0.120. The Balaban J connectivity index is 1.51. The molecule has 0 aliphatic heterocycles. The first-order valence-electron chi connectivity index (χ1n) is 8.36. The molecule has 1 aromatic heterocycles. The van der Waals surface area contributed by atoms with Gasteiger partial charge in [-0.2, -0.15) is 0 Å². The lowest BCUT2D eigenvalue weighted by Crippen LogP contribution is -2.24. The largest absolute Gasteiger partial charge is 0.366 e. The van der Waals surface area contributed by atoms with E-state index in [0.717, 1.165) is 30.9 Å². The molecule has 0 bridgehead atoms. The first-order valence-corrected chi connectivity index (χ1v) is 8.36. The SMILES string of the molecule is O=C(Nc1ccc(NCc2ccccc2)nc1)C1CCCCC1. The predicted molar refractivity (Wildman–Crippen MR) is 93.2 cm³/mol. The van der Waals surface area contributed by atoms with Crippen molar-refractivity contribution in [3.8, 4) is 0 Å². The van der Waals surface area contributed by atoms with Crippen LogP contribution in [0.5, 0.6) is 0 Å². The zero-order chi connectivity index (χ0) is 15.9. The molecule has 0 saturated heterocycles. The van der Waals surface area contributed by atoms with Crippen molar-refractivity contribution in [1.82, 2.24) is 4.98 Å². The third-order valence-electron chi connectivity index (χ3n) is 4.32. The number of hydrogen-bond donors (Lipinski definition) is 2. The van der Waals surface area contributed by atoms with E-state index in [4.69, 9.17) is 0 Å². The first-order chi connectivity index (χ1) is 11.3. The molecule has 2 N–H and O–H groups in total. The van der Waals surface area contributed by atoms with Crippen LogP contribution in [0.15, 0.2) is 48.7 Å². The van der Waals surface area contributed by atoms with Crippen LogP contribution in [0.4, 0.5) is 11.5 Å². The van der Waals surface area contributed by atoms with Crippen LogP contribution in [-0.4, -0.2) is 10.9 Å². The summed E-state index contributed by atoms with van der Waals surface area (Å²) in [7, 11) is 0. The van der Waals surface area contributed by atoms with E-state index in [1.807, 2.05) is 30.3 Å². The summed E-state index contributed by atoms with van der Waals surface area (Å²) < 4.78 is 0. The van der Waals surface area contributed by atoms with Crippen LogP contribution in [0.25, 0.3) is 0 Å². The highest BCUT2D eigenvalue weighted by atomic mass is 16.1. The molecule has 4 heteroatoms. The minimum atomic E-state index is 0.136. The quantitative estimate of drug-likeness (QED) is 0.869. The molecular formula is C19H23N3O. The van der Waals surface area contributed by atoms with Gasteiger partial charge in [-0.1, -0.05) is 49.6 Å². The number of aromatic nitrogens is 1. The highest BCUT2D eigenvalue weighted by molar-refractivity contribution is 5.92. The number of carbonyl (C=O) groups excluding carboxylic acids is 1. The minimum Gasteiger partial charge on any atom is -0.366 e. The summed E-state index contributed by atoms with van der Waals surface area (Å²) in [5.41, 5.74) is 1.98. The van der Waals surface area contributed by atoms with Gasteiger partial charge in [-0.25, -0.2) is 4.98 Å². The molecule has 2 aromatic rings.